The van der Waals surface area contributed by atoms with E-state index in [2.05, 4.69) is 15.9 Å². The number of hydrogen-bond acceptors (Lipinski definition) is 3. The summed E-state index contributed by atoms with van der Waals surface area (Å²) in [6.45, 7) is 0. The van der Waals surface area contributed by atoms with E-state index in [9.17, 15) is 0 Å². The van der Waals surface area contributed by atoms with Gasteiger partial charge in [-0.05, 0) is 17.5 Å². The highest BCUT2D eigenvalue weighted by Crippen LogP contribution is 2.42. The Morgan fingerprint density at radius 3 is 2.80 bits per heavy atom. The van der Waals surface area contributed by atoms with Gasteiger partial charge in [-0.3, -0.25) is 0 Å². The first kappa shape index (κ1) is 11.5. The van der Waals surface area contributed by atoms with Gasteiger partial charge < -0.3 is 4.74 Å². The average molecular weight is 324 g/mol. The molecule has 0 aliphatic heterocycles. The van der Waals surface area contributed by atoms with Gasteiger partial charge >= 0.3 is 0 Å². The van der Waals surface area contributed by atoms with Gasteiger partial charge in [-0.2, -0.15) is 0 Å². The molecule has 0 aromatic carbocycles. The SMILES string of the molecule is COc1csc(C(Br)c2sccc2Cl)c1. The number of halogens is 2. The van der Waals surface area contributed by atoms with Crippen molar-refractivity contribution in [3.63, 3.8) is 0 Å². The van der Waals surface area contributed by atoms with E-state index in [1.165, 1.54) is 4.88 Å². The van der Waals surface area contributed by atoms with Crippen LogP contribution in [-0.4, -0.2) is 7.11 Å². The Morgan fingerprint density at radius 1 is 1.47 bits per heavy atom. The zero-order valence-electron chi connectivity index (χ0n) is 7.87. The maximum absolute atomic E-state index is 6.08. The van der Waals surface area contributed by atoms with E-state index in [4.69, 9.17) is 16.3 Å². The molecule has 5 heteroatoms. The molecule has 0 spiro atoms. The summed E-state index contributed by atoms with van der Waals surface area (Å²) in [5, 5.41) is 4.80. The quantitative estimate of drug-likeness (QED) is 0.726. The molecule has 1 unspecified atom stereocenters. The van der Waals surface area contributed by atoms with Gasteiger partial charge in [0.05, 0.1) is 17.0 Å². The lowest BCUT2D eigenvalue weighted by molar-refractivity contribution is 0.416. The molecule has 0 N–H and O–H groups in total. The van der Waals surface area contributed by atoms with Crippen LogP contribution in [0.4, 0.5) is 0 Å². The molecule has 0 bridgehead atoms. The molecule has 0 saturated heterocycles. The number of alkyl halides is 1. The fourth-order valence-electron chi connectivity index (χ4n) is 1.19. The molecule has 80 valence electrons. The number of thiophene rings is 2. The van der Waals surface area contributed by atoms with E-state index in [0.29, 0.717) is 0 Å². The van der Waals surface area contributed by atoms with Crippen LogP contribution in [-0.2, 0) is 0 Å². The Kier molecular flexibility index (Phi) is 3.72. The Balaban J connectivity index is 2.28. The van der Waals surface area contributed by atoms with Crippen molar-refractivity contribution < 1.29 is 4.74 Å². The van der Waals surface area contributed by atoms with Crippen LogP contribution >= 0.6 is 50.2 Å². The monoisotopic (exact) mass is 322 g/mol. The third-order valence-electron chi connectivity index (χ3n) is 1.96. The summed E-state index contributed by atoms with van der Waals surface area (Å²) < 4.78 is 5.15. The molecule has 0 radical (unpaired) electrons. The lowest BCUT2D eigenvalue weighted by Crippen LogP contribution is -1.85. The van der Waals surface area contributed by atoms with E-state index in [-0.39, 0.29) is 4.83 Å². The van der Waals surface area contributed by atoms with Gasteiger partial charge in [0.2, 0.25) is 0 Å². The van der Waals surface area contributed by atoms with Crippen molar-refractivity contribution in [3.8, 4) is 5.75 Å². The van der Waals surface area contributed by atoms with Crippen LogP contribution in [0.15, 0.2) is 22.9 Å². The lowest BCUT2D eigenvalue weighted by atomic mass is 10.3. The van der Waals surface area contributed by atoms with Gasteiger partial charge in [0, 0.05) is 15.1 Å². The standard InChI is InChI=1S/C10H8BrClOS2/c1-13-6-4-8(15-5-6)9(11)10-7(12)2-3-14-10/h2-5,9H,1H3. The van der Waals surface area contributed by atoms with Gasteiger partial charge in [0.15, 0.2) is 0 Å². The molecule has 2 heterocycles. The van der Waals surface area contributed by atoms with Crippen molar-refractivity contribution >= 4 is 50.2 Å². The second-order valence-corrected chi connectivity index (χ2v) is 6.10. The molecule has 1 nitrogen and oxygen atoms in total. The summed E-state index contributed by atoms with van der Waals surface area (Å²) in [6, 6.07) is 3.95. The smallest absolute Gasteiger partial charge is 0.129 e. The predicted molar refractivity (Wildman–Crippen MR) is 71.0 cm³/mol. The van der Waals surface area contributed by atoms with Crippen molar-refractivity contribution in [1.82, 2.24) is 0 Å². The Hall–Kier alpha value is -0.0300. The van der Waals surface area contributed by atoms with Crippen LogP contribution in [0.5, 0.6) is 5.75 Å². The number of rotatable bonds is 3. The van der Waals surface area contributed by atoms with Crippen LogP contribution in [0.2, 0.25) is 5.02 Å². The minimum absolute atomic E-state index is 0.166. The maximum Gasteiger partial charge on any atom is 0.129 e. The second kappa shape index (κ2) is 4.87. The molecule has 1 atom stereocenters. The molecule has 0 saturated carbocycles. The van der Waals surface area contributed by atoms with Crippen LogP contribution in [0.3, 0.4) is 0 Å². The molecule has 0 fully saturated rings. The largest absolute Gasteiger partial charge is 0.496 e. The van der Waals surface area contributed by atoms with E-state index >= 15 is 0 Å². The minimum Gasteiger partial charge on any atom is -0.496 e. The van der Waals surface area contributed by atoms with E-state index in [0.717, 1.165) is 15.6 Å². The fourth-order valence-corrected chi connectivity index (χ4v) is 4.42. The normalized spacial score (nSPS) is 12.7. The summed E-state index contributed by atoms with van der Waals surface area (Å²) in [5.41, 5.74) is 0. The summed E-state index contributed by atoms with van der Waals surface area (Å²) in [7, 11) is 1.67. The third-order valence-corrected chi connectivity index (χ3v) is 5.91. The van der Waals surface area contributed by atoms with Crippen LogP contribution in [0, 0.1) is 0 Å². The lowest BCUT2D eigenvalue weighted by Gasteiger charge is -2.04. The summed E-state index contributed by atoms with van der Waals surface area (Å²) >= 11 is 13.0. The first-order chi connectivity index (χ1) is 7.22. The zero-order chi connectivity index (χ0) is 10.8. The zero-order valence-corrected chi connectivity index (χ0v) is 11.8. The molecular weight excluding hydrogens is 316 g/mol. The molecule has 15 heavy (non-hydrogen) atoms. The first-order valence-corrected chi connectivity index (χ1v) is 7.27. The van der Waals surface area contributed by atoms with E-state index < -0.39 is 0 Å². The highest BCUT2D eigenvalue weighted by molar-refractivity contribution is 9.09. The average Bonchev–Trinajstić information content (AvgIpc) is 2.84. The first-order valence-electron chi connectivity index (χ1n) is 4.21. The Labute approximate surface area is 110 Å². The number of methoxy groups -OCH3 is 1. The Morgan fingerprint density at radius 2 is 2.27 bits per heavy atom. The highest BCUT2D eigenvalue weighted by atomic mass is 79.9. The second-order valence-electron chi connectivity index (χ2n) is 2.88. The number of hydrogen-bond donors (Lipinski definition) is 0. The molecule has 2 aromatic heterocycles. The van der Waals surface area contributed by atoms with Crippen molar-refractivity contribution in [2.24, 2.45) is 0 Å². The summed E-state index contributed by atoms with van der Waals surface area (Å²) in [6.07, 6.45) is 0. The van der Waals surface area contributed by atoms with Crippen molar-refractivity contribution in [1.29, 1.82) is 0 Å². The molecule has 2 rings (SSSR count). The minimum atomic E-state index is 0.166. The van der Waals surface area contributed by atoms with E-state index in [1.54, 1.807) is 29.8 Å². The predicted octanol–water partition coefficient (Wildman–Crippen LogP) is 4.96. The molecule has 0 aliphatic rings. The van der Waals surface area contributed by atoms with Crippen molar-refractivity contribution in [3.05, 3.63) is 37.7 Å². The third kappa shape index (κ3) is 2.38. The molecular formula is C10H8BrClOS2. The topological polar surface area (TPSA) is 9.23 Å². The molecule has 0 amide bonds. The molecule has 2 aromatic rings. The van der Waals surface area contributed by atoms with Crippen LogP contribution < -0.4 is 4.74 Å². The van der Waals surface area contributed by atoms with Gasteiger partial charge in [-0.1, -0.05) is 27.5 Å². The van der Waals surface area contributed by atoms with E-state index in [1.807, 2.05) is 22.9 Å². The molecule has 0 aliphatic carbocycles. The van der Waals surface area contributed by atoms with Crippen LogP contribution in [0.25, 0.3) is 0 Å². The van der Waals surface area contributed by atoms with Gasteiger partial charge in [-0.15, -0.1) is 22.7 Å². The van der Waals surface area contributed by atoms with Crippen LogP contribution in [0.1, 0.15) is 14.6 Å². The van der Waals surface area contributed by atoms with Gasteiger partial charge in [0.25, 0.3) is 0 Å². The van der Waals surface area contributed by atoms with Crippen molar-refractivity contribution in [2.75, 3.05) is 7.11 Å². The highest BCUT2D eigenvalue weighted by Gasteiger charge is 2.17. The fraction of sp³-hybridized carbons (Fsp3) is 0.200. The maximum atomic E-state index is 6.08. The summed E-state index contributed by atoms with van der Waals surface area (Å²) in [5.74, 6) is 0.895. The van der Waals surface area contributed by atoms with Gasteiger partial charge in [-0.25, -0.2) is 0 Å². The summed E-state index contributed by atoms with van der Waals surface area (Å²) in [4.78, 5) is 2.51. The Bertz CT molecular complexity index is 452. The van der Waals surface area contributed by atoms with Gasteiger partial charge in [0.1, 0.15) is 5.75 Å². The van der Waals surface area contributed by atoms with Crippen molar-refractivity contribution in [2.45, 2.75) is 4.83 Å². The number of ether oxygens (including phenoxy) is 1.